The van der Waals surface area contributed by atoms with Gasteiger partial charge in [-0.2, -0.15) is 0 Å². The number of hydrogen-bond donors (Lipinski definition) is 2. The van der Waals surface area contributed by atoms with Crippen molar-refractivity contribution in [1.82, 2.24) is 5.32 Å². The maximum atomic E-state index is 14.6. The fourth-order valence-corrected chi connectivity index (χ4v) is 4.12. The number of carbonyl (C=O) groups excluding carboxylic acids is 1. The summed E-state index contributed by atoms with van der Waals surface area (Å²) in [5, 5.41) is 5.94. The van der Waals surface area contributed by atoms with Gasteiger partial charge in [0, 0.05) is 17.8 Å². The number of thiophene rings is 1. The molecule has 0 aliphatic carbocycles. The number of carbonyl (C=O) groups is 1. The van der Waals surface area contributed by atoms with E-state index in [4.69, 9.17) is 4.74 Å². The third-order valence-electron chi connectivity index (χ3n) is 4.31. The molecule has 23 heavy (non-hydrogen) atoms. The normalized spacial score (nSPS) is 16.6. The van der Waals surface area contributed by atoms with E-state index in [2.05, 4.69) is 10.6 Å². The summed E-state index contributed by atoms with van der Waals surface area (Å²) in [4.78, 5) is 14.2. The fraction of sp³-hybridized carbons (Fsp3) is 0.353. The molecule has 2 aliphatic rings. The van der Waals surface area contributed by atoms with Crippen molar-refractivity contribution in [2.24, 2.45) is 0 Å². The van der Waals surface area contributed by atoms with Crippen LogP contribution in [0.5, 0.6) is 0 Å². The first-order valence-corrected chi connectivity index (χ1v) is 8.55. The lowest BCUT2D eigenvalue weighted by Gasteiger charge is -2.19. The van der Waals surface area contributed by atoms with Crippen molar-refractivity contribution in [2.45, 2.75) is 26.0 Å². The van der Waals surface area contributed by atoms with Gasteiger partial charge in [0.25, 0.3) is 5.91 Å². The molecule has 1 aromatic carbocycles. The van der Waals surface area contributed by atoms with Gasteiger partial charge in [0.05, 0.1) is 23.8 Å². The number of benzene rings is 1. The molecule has 4 nitrogen and oxygen atoms in total. The number of anilines is 1. The maximum absolute atomic E-state index is 14.6. The number of amides is 1. The molecule has 2 aliphatic heterocycles. The number of nitrogens with one attached hydrogen (secondary N) is 2. The van der Waals surface area contributed by atoms with Crippen LogP contribution in [0.15, 0.2) is 18.2 Å². The largest absolute Gasteiger partial charge is 0.376 e. The van der Waals surface area contributed by atoms with Crippen molar-refractivity contribution in [3.8, 4) is 0 Å². The molecule has 0 radical (unpaired) electrons. The van der Waals surface area contributed by atoms with Crippen molar-refractivity contribution in [3.05, 3.63) is 50.5 Å². The Morgan fingerprint density at radius 2 is 2.22 bits per heavy atom. The van der Waals surface area contributed by atoms with E-state index in [1.807, 2.05) is 12.1 Å². The summed E-state index contributed by atoms with van der Waals surface area (Å²) in [5.74, 6) is -0.556. The Balaban J connectivity index is 1.58. The monoisotopic (exact) mass is 332 g/mol. The van der Waals surface area contributed by atoms with Crippen LogP contribution in [-0.2, 0) is 30.7 Å². The standard InChI is InChI=1S/C17H17FN2O2S/c18-16-12-3-5-19-8-10(12)1-2-13(16)20-17(21)15-7-11-9-22-6-4-14(11)23-15/h1-2,7,19H,3-6,8-9H2,(H,20,21). The smallest absolute Gasteiger partial charge is 0.265 e. The Kier molecular flexibility index (Phi) is 3.88. The molecule has 0 fully saturated rings. The molecule has 0 saturated heterocycles. The van der Waals surface area contributed by atoms with Crippen LogP contribution in [0.1, 0.15) is 31.2 Å². The number of halogens is 1. The summed E-state index contributed by atoms with van der Waals surface area (Å²) in [6.07, 6.45) is 1.49. The molecule has 2 aromatic rings. The van der Waals surface area contributed by atoms with Crippen molar-refractivity contribution in [1.29, 1.82) is 0 Å². The average Bonchev–Trinajstić information content (AvgIpc) is 3.02. The van der Waals surface area contributed by atoms with Crippen LogP contribution in [0, 0.1) is 5.82 Å². The number of hydrogen-bond acceptors (Lipinski definition) is 4. The van der Waals surface area contributed by atoms with Gasteiger partial charge in [0.15, 0.2) is 0 Å². The third-order valence-corrected chi connectivity index (χ3v) is 5.54. The van der Waals surface area contributed by atoms with Crippen LogP contribution in [0.3, 0.4) is 0 Å². The van der Waals surface area contributed by atoms with Gasteiger partial charge in [-0.05, 0) is 41.8 Å². The van der Waals surface area contributed by atoms with Gasteiger partial charge in [-0.25, -0.2) is 4.39 Å². The Morgan fingerprint density at radius 1 is 1.30 bits per heavy atom. The molecular formula is C17H17FN2O2S. The number of rotatable bonds is 2. The topological polar surface area (TPSA) is 50.4 Å². The molecule has 0 unspecified atom stereocenters. The molecule has 120 valence electrons. The van der Waals surface area contributed by atoms with Gasteiger partial charge >= 0.3 is 0 Å². The van der Waals surface area contributed by atoms with Crippen LogP contribution >= 0.6 is 11.3 Å². The molecule has 0 bridgehead atoms. The van der Waals surface area contributed by atoms with Gasteiger partial charge in [-0.3, -0.25) is 4.79 Å². The average molecular weight is 332 g/mol. The summed E-state index contributed by atoms with van der Waals surface area (Å²) in [7, 11) is 0. The highest BCUT2D eigenvalue weighted by Crippen LogP contribution is 2.29. The second kappa shape index (κ2) is 6.03. The highest BCUT2D eigenvalue weighted by Gasteiger charge is 2.21. The van der Waals surface area contributed by atoms with Crippen LogP contribution in [0.2, 0.25) is 0 Å². The molecule has 1 aromatic heterocycles. The zero-order valence-corrected chi connectivity index (χ0v) is 13.4. The highest BCUT2D eigenvalue weighted by atomic mass is 32.1. The predicted octanol–water partition coefficient (Wildman–Crippen LogP) is 2.86. The van der Waals surface area contributed by atoms with Crippen LogP contribution in [0.4, 0.5) is 10.1 Å². The molecular weight excluding hydrogens is 315 g/mol. The zero-order chi connectivity index (χ0) is 15.8. The van der Waals surface area contributed by atoms with E-state index in [1.165, 1.54) is 16.2 Å². The van der Waals surface area contributed by atoms with Crippen LogP contribution < -0.4 is 10.6 Å². The lowest BCUT2D eigenvalue weighted by Crippen LogP contribution is -2.25. The van der Waals surface area contributed by atoms with Gasteiger partial charge in [-0.1, -0.05) is 6.07 Å². The Hall–Kier alpha value is -1.76. The molecule has 2 N–H and O–H groups in total. The second-order valence-corrected chi connectivity index (χ2v) is 6.94. The van der Waals surface area contributed by atoms with E-state index < -0.39 is 0 Å². The maximum Gasteiger partial charge on any atom is 0.265 e. The van der Waals surface area contributed by atoms with E-state index in [1.54, 1.807) is 6.07 Å². The first-order chi connectivity index (χ1) is 11.2. The van der Waals surface area contributed by atoms with E-state index in [0.29, 0.717) is 36.6 Å². The van der Waals surface area contributed by atoms with Crippen molar-refractivity contribution in [3.63, 3.8) is 0 Å². The van der Waals surface area contributed by atoms with E-state index in [-0.39, 0.29) is 17.4 Å². The Morgan fingerprint density at radius 3 is 3.09 bits per heavy atom. The van der Waals surface area contributed by atoms with Gasteiger partial charge in [0.2, 0.25) is 0 Å². The second-order valence-electron chi connectivity index (χ2n) is 5.81. The Labute approximate surface area is 137 Å². The van der Waals surface area contributed by atoms with Crippen LogP contribution in [-0.4, -0.2) is 19.1 Å². The zero-order valence-electron chi connectivity index (χ0n) is 12.6. The van der Waals surface area contributed by atoms with E-state index >= 15 is 0 Å². The molecule has 0 spiro atoms. The molecule has 6 heteroatoms. The van der Waals surface area contributed by atoms with Crippen LogP contribution in [0.25, 0.3) is 0 Å². The minimum atomic E-state index is -0.304. The fourth-order valence-electron chi connectivity index (χ4n) is 3.07. The van der Waals surface area contributed by atoms with Crippen molar-refractivity contribution in [2.75, 3.05) is 18.5 Å². The van der Waals surface area contributed by atoms with Gasteiger partial charge in [-0.15, -0.1) is 11.3 Å². The Bertz CT molecular complexity index is 749. The molecule has 3 heterocycles. The summed E-state index contributed by atoms with van der Waals surface area (Å²) < 4.78 is 20.0. The number of ether oxygens (including phenoxy) is 1. The molecule has 1 amide bonds. The van der Waals surface area contributed by atoms with Gasteiger partial charge < -0.3 is 15.4 Å². The third kappa shape index (κ3) is 2.78. The first-order valence-electron chi connectivity index (χ1n) is 7.74. The van der Waals surface area contributed by atoms with Crippen molar-refractivity contribution >= 4 is 22.9 Å². The lowest BCUT2D eigenvalue weighted by molar-refractivity contribution is 0.102. The minimum Gasteiger partial charge on any atom is -0.376 e. The van der Waals surface area contributed by atoms with E-state index in [9.17, 15) is 9.18 Å². The van der Waals surface area contributed by atoms with Gasteiger partial charge in [0.1, 0.15) is 5.82 Å². The lowest BCUT2D eigenvalue weighted by atomic mass is 9.99. The minimum absolute atomic E-state index is 0.253. The SMILES string of the molecule is O=C(Nc1ccc2c(c1F)CCNC2)c1cc2c(s1)CCOC2. The summed E-state index contributed by atoms with van der Waals surface area (Å²) in [6.45, 7) is 2.69. The van der Waals surface area contributed by atoms with E-state index in [0.717, 1.165) is 24.1 Å². The first kappa shape index (κ1) is 14.8. The summed E-state index contributed by atoms with van der Waals surface area (Å²) in [5.41, 5.74) is 3.01. The van der Waals surface area contributed by atoms with Crippen molar-refractivity contribution < 1.29 is 13.9 Å². The highest BCUT2D eigenvalue weighted by molar-refractivity contribution is 7.14. The summed E-state index contributed by atoms with van der Waals surface area (Å²) >= 11 is 1.47. The molecule has 0 atom stereocenters. The number of fused-ring (bicyclic) bond motifs is 2. The summed E-state index contributed by atoms with van der Waals surface area (Å²) in [6, 6.07) is 5.39. The predicted molar refractivity (Wildman–Crippen MR) is 87.4 cm³/mol. The molecule has 4 rings (SSSR count). The molecule has 0 saturated carbocycles. The quantitative estimate of drug-likeness (QED) is 0.889.